The molecule has 1 atom stereocenters. The normalized spacial score (nSPS) is 19.6. The zero-order valence-electron chi connectivity index (χ0n) is 11.5. The largest absolute Gasteiger partial charge is 0.269 e. The van der Waals surface area contributed by atoms with Gasteiger partial charge in [-0.1, -0.05) is 36.7 Å². The molecule has 0 amide bonds. The Morgan fingerprint density at radius 3 is 2.57 bits per heavy atom. The molecule has 0 saturated carbocycles. The Labute approximate surface area is 128 Å². The van der Waals surface area contributed by atoms with Crippen molar-refractivity contribution in [2.45, 2.75) is 17.7 Å². The fourth-order valence-corrected chi connectivity index (χ4v) is 4.44. The number of sulfonamides is 1. The average Bonchev–Trinajstić information content (AvgIpc) is 2.52. The second-order valence-electron chi connectivity index (χ2n) is 5.06. The first kappa shape index (κ1) is 14.4. The van der Waals surface area contributed by atoms with E-state index in [4.69, 9.17) is 11.6 Å². The molecule has 1 aliphatic rings. The zero-order chi connectivity index (χ0) is 15.4. The van der Waals surface area contributed by atoms with Gasteiger partial charge in [0.1, 0.15) is 5.82 Å². The van der Waals surface area contributed by atoms with Crippen LogP contribution < -0.4 is 4.31 Å². The van der Waals surface area contributed by atoms with Crippen molar-refractivity contribution in [2.24, 2.45) is 0 Å². The standard InChI is InChI=1S/C15H13ClFNO2S/c1-9-10-5-3-4-6-14(10)18(2)21(19,20)15-8-12(16)13(17)7-11(9)15/h3-9H,1-2H3. The van der Waals surface area contributed by atoms with E-state index in [1.54, 1.807) is 12.1 Å². The molecule has 3 rings (SSSR count). The quantitative estimate of drug-likeness (QED) is 0.739. The van der Waals surface area contributed by atoms with Crippen LogP contribution in [0, 0.1) is 5.82 Å². The van der Waals surface area contributed by atoms with Crippen molar-refractivity contribution in [3.8, 4) is 0 Å². The van der Waals surface area contributed by atoms with Crippen LogP contribution in [0.3, 0.4) is 0 Å². The molecule has 1 aliphatic heterocycles. The summed E-state index contributed by atoms with van der Waals surface area (Å²) in [7, 11) is -2.27. The summed E-state index contributed by atoms with van der Waals surface area (Å²) in [5, 5.41) is -0.191. The molecule has 3 nitrogen and oxygen atoms in total. The Bertz CT molecular complexity index is 836. The maximum Gasteiger partial charge on any atom is 0.264 e. The van der Waals surface area contributed by atoms with Gasteiger partial charge in [-0.2, -0.15) is 0 Å². The molecule has 0 aliphatic carbocycles. The summed E-state index contributed by atoms with van der Waals surface area (Å²) in [6.45, 7) is 1.86. The number of rotatable bonds is 0. The van der Waals surface area contributed by atoms with Crippen molar-refractivity contribution in [3.05, 3.63) is 58.4 Å². The van der Waals surface area contributed by atoms with Crippen LogP contribution in [-0.4, -0.2) is 15.5 Å². The zero-order valence-corrected chi connectivity index (χ0v) is 13.0. The fourth-order valence-electron chi connectivity index (χ4n) is 2.69. The minimum Gasteiger partial charge on any atom is -0.269 e. The molecule has 0 N–H and O–H groups in total. The van der Waals surface area contributed by atoms with Gasteiger partial charge in [0, 0.05) is 13.0 Å². The van der Waals surface area contributed by atoms with Crippen molar-refractivity contribution in [1.82, 2.24) is 0 Å². The molecule has 0 aromatic heterocycles. The molecule has 0 bridgehead atoms. The highest BCUT2D eigenvalue weighted by molar-refractivity contribution is 7.92. The number of halogens is 2. The van der Waals surface area contributed by atoms with Crippen molar-refractivity contribution in [2.75, 3.05) is 11.4 Å². The maximum absolute atomic E-state index is 13.8. The highest BCUT2D eigenvalue weighted by atomic mass is 35.5. The first-order valence-electron chi connectivity index (χ1n) is 6.41. The van der Waals surface area contributed by atoms with Gasteiger partial charge < -0.3 is 0 Å². The van der Waals surface area contributed by atoms with Crippen LogP contribution >= 0.6 is 11.6 Å². The molecule has 0 radical (unpaired) electrons. The van der Waals surface area contributed by atoms with Crippen molar-refractivity contribution in [3.63, 3.8) is 0 Å². The third-order valence-electron chi connectivity index (χ3n) is 3.90. The summed E-state index contributed by atoms with van der Waals surface area (Å²) in [6.07, 6.45) is 0. The molecular weight excluding hydrogens is 313 g/mol. The predicted octanol–water partition coefficient (Wildman–Crippen LogP) is 3.77. The summed E-state index contributed by atoms with van der Waals surface area (Å²) in [5.74, 6) is -0.859. The van der Waals surface area contributed by atoms with Gasteiger partial charge in [0.2, 0.25) is 0 Å². The van der Waals surface area contributed by atoms with E-state index in [1.807, 2.05) is 19.1 Å². The minimum atomic E-state index is -3.76. The monoisotopic (exact) mass is 325 g/mol. The fraction of sp³-hybridized carbons (Fsp3) is 0.200. The van der Waals surface area contributed by atoms with Crippen LogP contribution in [0.4, 0.5) is 10.1 Å². The number of anilines is 1. The van der Waals surface area contributed by atoms with E-state index in [9.17, 15) is 12.8 Å². The van der Waals surface area contributed by atoms with Gasteiger partial charge in [-0.05, 0) is 29.3 Å². The van der Waals surface area contributed by atoms with Gasteiger partial charge in [-0.25, -0.2) is 12.8 Å². The Kier molecular flexibility index (Phi) is 3.22. The molecule has 1 unspecified atom stereocenters. The van der Waals surface area contributed by atoms with E-state index in [-0.39, 0.29) is 15.8 Å². The second kappa shape index (κ2) is 4.71. The lowest BCUT2D eigenvalue weighted by molar-refractivity contribution is 0.592. The van der Waals surface area contributed by atoms with Crippen molar-refractivity contribution in [1.29, 1.82) is 0 Å². The van der Waals surface area contributed by atoms with Gasteiger partial charge in [0.05, 0.1) is 15.6 Å². The van der Waals surface area contributed by atoms with Gasteiger partial charge in [0.15, 0.2) is 0 Å². The first-order chi connectivity index (χ1) is 9.84. The van der Waals surface area contributed by atoms with Gasteiger partial charge >= 0.3 is 0 Å². The summed E-state index contributed by atoms with van der Waals surface area (Å²) >= 11 is 5.77. The van der Waals surface area contributed by atoms with Gasteiger partial charge in [0.25, 0.3) is 10.0 Å². The SMILES string of the molecule is CC1c2ccccc2N(C)S(=O)(=O)c2cc(Cl)c(F)cc21. The number of nitrogens with zero attached hydrogens (tertiary/aromatic N) is 1. The van der Waals surface area contributed by atoms with Crippen LogP contribution in [0.25, 0.3) is 0 Å². The Morgan fingerprint density at radius 2 is 1.86 bits per heavy atom. The highest BCUT2D eigenvalue weighted by Gasteiger charge is 2.33. The number of benzene rings is 2. The topological polar surface area (TPSA) is 37.4 Å². The minimum absolute atomic E-state index is 0.0556. The van der Waals surface area contributed by atoms with E-state index >= 15 is 0 Å². The Balaban J connectivity index is 2.42. The molecule has 1 heterocycles. The lowest BCUT2D eigenvalue weighted by Gasteiger charge is -2.19. The highest BCUT2D eigenvalue weighted by Crippen LogP contribution is 2.42. The number of hydrogen-bond acceptors (Lipinski definition) is 2. The molecule has 0 spiro atoms. The summed E-state index contributed by atoms with van der Waals surface area (Å²) in [5.41, 5.74) is 1.86. The number of fused-ring (bicyclic) bond motifs is 2. The smallest absolute Gasteiger partial charge is 0.264 e. The van der Waals surface area contributed by atoms with Gasteiger partial charge in [-0.3, -0.25) is 4.31 Å². The maximum atomic E-state index is 13.8. The summed E-state index contributed by atoms with van der Waals surface area (Å²) < 4.78 is 40.5. The van der Waals surface area contributed by atoms with Crippen LogP contribution in [0.15, 0.2) is 41.3 Å². The van der Waals surface area contributed by atoms with Crippen LogP contribution in [0.5, 0.6) is 0 Å². The molecule has 6 heteroatoms. The van der Waals surface area contributed by atoms with Crippen molar-refractivity contribution < 1.29 is 12.8 Å². The van der Waals surface area contributed by atoms with Crippen LogP contribution in [-0.2, 0) is 10.0 Å². The third kappa shape index (κ3) is 2.03. The molecular formula is C15H13ClFNO2S. The molecule has 21 heavy (non-hydrogen) atoms. The molecule has 0 saturated heterocycles. The summed E-state index contributed by atoms with van der Waals surface area (Å²) in [6, 6.07) is 9.63. The molecule has 0 fully saturated rings. The summed E-state index contributed by atoms with van der Waals surface area (Å²) in [4.78, 5) is 0.0556. The number of para-hydroxylation sites is 1. The van der Waals surface area contributed by atoms with Crippen LogP contribution in [0.1, 0.15) is 24.0 Å². The van der Waals surface area contributed by atoms with E-state index in [2.05, 4.69) is 0 Å². The van der Waals surface area contributed by atoms with E-state index < -0.39 is 15.8 Å². The average molecular weight is 326 g/mol. The van der Waals surface area contributed by atoms with E-state index in [0.717, 1.165) is 5.56 Å². The molecule has 2 aromatic rings. The first-order valence-corrected chi connectivity index (χ1v) is 8.22. The Hall–Kier alpha value is -1.59. The lowest BCUT2D eigenvalue weighted by atomic mass is 9.92. The van der Waals surface area contributed by atoms with E-state index in [0.29, 0.717) is 11.3 Å². The second-order valence-corrected chi connectivity index (χ2v) is 7.40. The lowest BCUT2D eigenvalue weighted by Crippen LogP contribution is -2.26. The molecule has 2 aromatic carbocycles. The van der Waals surface area contributed by atoms with E-state index in [1.165, 1.54) is 23.5 Å². The van der Waals surface area contributed by atoms with Crippen LogP contribution in [0.2, 0.25) is 5.02 Å². The predicted molar refractivity (Wildman–Crippen MR) is 81.0 cm³/mol. The van der Waals surface area contributed by atoms with Gasteiger partial charge in [-0.15, -0.1) is 0 Å². The number of hydrogen-bond donors (Lipinski definition) is 0. The van der Waals surface area contributed by atoms with Crippen molar-refractivity contribution >= 4 is 27.3 Å². The Morgan fingerprint density at radius 1 is 1.19 bits per heavy atom. The molecule has 110 valence electrons. The third-order valence-corrected chi connectivity index (χ3v) is 6.02.